The van der Waals surface area contributed by atoms with Gasteiger partial charge in [-0.25, -0.2) is 8.78 Å². The highest BCUT2D eigenvalue weighted by Gasteiger charge is 2.16. The smallest absolute Gasteiger partial charge is 0.387 e. The Kier molecular flexibility index (Phi) is 4.24. The highest BCUT2D eigenvalue weighted by molar-refractivity contribution is 5.34. The third-order valence-corrected chi connectivity index (χ3v) is 2.67. The van der Waals surface area contributed by atoms with Crippen molar-refractivity contribution in [1.29, 1.82) is 0 Å². The maximum Gasteiger partial charge on any atom is 0.387 e. The molecule has 1 N–H and O–H groups in total. The van der Waals surface area contributed by atoms with Gasteiger partial charge in [0.25, 0.3) is 0 Å². The lowest BCUT2D eigenvalue weighted by molar-refractivity contribution is -0.0498. The number of halogens is 4. The van der Waals surface area contributed by atoms with Gasteiger partial charge in [0, 0.05) is 5.56 Å². The van der Waals surface area contributed by atoms with E-state index >= 15 is 0 Å². The van der Waals surface area contributed by atoms with Gasteiger partial charge in [-0.2, -0.15) is 8.78 Å². The maximum atomic E-state index is 13.5. The van der Waals surface area contributed by atoms with Crippen LogP contribution < -0.4 is 4.74 Å². The standard InChI is InChI=1S/C14H10F4O2/c15-9-3-6-12(16)11(7-9)13(19)8-1-4-10(5-2-8)20-14(17)18/h1-7,13-14,19H. The van der Waals surface area contributed by atoms with Crippen molar-refractivity contribution in [2.75, 3.05) is 0 Å². The van der Waals surface area contributed by atoms with E-state index in [-0.39, 0.29) is 16.9 Å². The molecule has 2 rings (SSSR count). The van der Waals surface area contributed by atoms with E-state index < -0.39 is 24.3 Å². The molecule has 0 heterocycles. The normalized spacial score (nSPS) is 12.5. The molecule has 0 aliphatic rings. The van der Waals surface area contributed by atoms with Crippen LogP contribution in [0.25, 0.3) is 0 Å². The zero-order valence-electron chi connectivity index (χ0n) is 10.1. The van der Waals surface area contributed by atoms with Gasteiger partial charge in [-0.05, 0) is 35.9 Å². The summed E-state index contributed by atoms with van der Waals surface area (Å²) in [5.41, 5.74) is 0.00337. The lowest BCUT2D eigenvalue weighted by atomic mass is 10.0. The number of hydrogen-bond acceptors (Lipinski definition) is 2. The van der Waals surface area contributed by atoms with Crippen LogP contribution in [0.2, 0.25) is 0 Å². The summed E-state index contributed by atoms with van der Waals surface area (Å²) in [7, 11) is 0. The average molecular weight is 286 g/mol. The summed E-state index contributed by atoms with van der Waals surface area (Å²) < 4.78 is 54.7. The minimum absolute atomic E-state index is 0.0873. The molecule has 2 aromatic carbocycles. The van der Waals surface area contributed by atoms with Crippen LogP contribution in [0.4, 0.5) is 17.6 Å². The minimum Gasteiger partial charge on any atom is -0.435 e. The second-order valence-electron chi connectivity index (χ2n) is 4.02. The number of alkyl halides is 2. The van der Waals surface area contributed by atoms with Gasteiger partial charge in [0.05, 0.1) is 0 Å². The number of hydrogen-bond donors (Lipinski definition) is 1. The molecule has 0 aromatic heterocycles. The molecular formula is C14H10F4O2. The van der Waals surface area contributed by atoms with E-state index in [4.69, 9.17) is 0 Å². The summed E-state index contributed by atoms with van der Waals surface area (Å²) in [4.78, 5) is 0. The molecule has 2 aromatic rings. The van der Waals surface area contributed by atoms with Crippen LogP contribution in [-0.2, 0) is 0 Å². The van der Waals surface area contributed by atoms with Crippen LogP contribution >= 0.6 is 0 Å². The van der Waals surface area contributed by atoms with Crippen molar-refractivity contribution in [3.05, 3.63) is 65.2 Å². The minimum atomic E-state index is -2.95. The quantitative estimate of drug-likeness (QED) is 0.869. The summed E-state index contributed by atoms with van der Waals surface area (Å²) in [5, 5.41) is 9.97. The van der Waals surface area contributed by atoms with Crippen molar-refractivity contribution in [3.8, 4) is 5.75 Å². The molecule has 0 saturated heterocycles. The zero-order chi connectivity index (χ0) is 14.7. The van der Waals surface area contributed by atoms with E-state index in [9.17, 15) is 22.7 Å². The molecule has 0 radical (unpaired) electrons. The zero-order valence-corrected chi connectivity index (χ0v) is 10.1. The SMILES string of the molecule is OC(c1ccc(OC(F)F)cc1)c1cc(F)ccc1F. The molecule has 0 aliphatic carbocycles. The van der Waals surface area contributed by atoms with Crippen LogP contribution in [0.15, 0.2) is 42.5 Å². The Bertz CT molecular complexity index is 584. The summed E-state index contributed by atoms with van der Waals surface area (Å²) in [6.45, 7) is -2.95. The van der Waals surface area contributed by atoms with E-state index in [2.05, 4.69) is 4.74 Å². The van der Waals surface area contributed by atoms with Gasteiger partial charge in [-0.1, -0.05) is 12.1 Å². The lowest BCUT2D eigenvalue weighted by Gasteiger charge is -2.13. The highest BCUT2D eigenvalue weighted by Crippen LogP contribution is 2.26. The molecule has 0 aliphatic heterocycles. The number of rotatable bonds is 4. The van der Waals surface area contributed by atoms with Gasteiger partial charge < -0.3 is 9.84 Å². The van der Waals surface area contributed by atoms with Crippen LogP contribution in [0.5, 0.6) is 5.75 Å². The molecule has 2 nitrogen and oxygen atoms in total. The van der Waals surface area contributed by atoms with Gasteiger partial charge in [0.15, 0.2) is 0 Å². The van der Waals surface area contributed by atoms with Gasteiger partial charge in [0.1, 0.15) is 23.5 Å². The topological polar surface area (TPSA) is 29.5 Å². The second-order valence-corrected chi connectivity index (χ2v) is 4.02. The number of aliphatic hydroxyl groups is 1. The molecule has 1 unspecified atom stereocenters. The van der Waals surface area contributed by atoms with Crippen LogP contribution in [0.3, 0.4) is 0 Å². The Labute approximate surface area is 112 Å². The largest absolute Gasteiger partial charge is 0.435 e. The van der Waals surface area contributed by atoms with Gasteiger partial charge >= 0.3 is 6.61 Å². The highest BCUT2D eigenvalue weighted by atomic mass is 19.3. The Balaban J connectivity index is 2.24. The Morgan fingerprint density at radius 3 is 2.20 bits per heavy atom. The first-order chi connectivity index (χ1) is 9.47. The van der Waals surface area contributed by atoms with Gasteiger partial charge in [0.2, 0.25) is 0 Å². The maximum absolute atomic E-state index is 13.5. The Morgan fingerprint density at radius 2 is 1.60 bits per heavy atom. The van der Waals surface area contributed by atoms with Gasteiger partial charge in [-0.3, -0.25) is 0 Å². The van der Waals surface area contributed by atoms with Crippen molar-refractivity contribution in [3.63, 3.8) is 0 Å². The first-order valence-electron chi connectivity index (χ1n) is 5.65. The van der Waals surface area contributed by atoms with Gasteiger partial charge in [-0.15, -0.1) is 0 Å². The Morgan fingerprint density at radius 1 is 0.950 bits per heavy atom. The summed E-state index contributed by atoms with van der Waals surface area (Å²) in [6.07, 6.45) is -1.40. The third-order valence-electron chi connectivity index (χ3n) is 2.67. The number of benzene rings is 2. The molecule has 0 spiro atoms. The van der Waals surface area contributed by atoms with Crippen LogP contribution in [-0.4, -0.2) is 11.7 Å². The molecule has 20 heavy (non-hydrogen) atoms. The van der Waals surface area contributed by atoms with E-state index in [1.165, 1.54) is 24.3 Å². The van der Waals surface area contributed by atoms with Crippen molar-refractivity contribution in [1.82, 2.24) is 0 Å². The molecule has 0 amide bonds. The van der Waals surface area contributed by atoms with Crippen LogP contribution in [0, 0.1) is 11.6 Å². The van der Waals surface area contributed by atoms with E-state index in [0.29, 0.717) is 0 Å². The molecular weight excluding hydrogens is 276 g/mol. The van der Waals surface area contributed by atoms with E-state index in [1.807, 2.05) is 0 Å². The average Bonchev–Trinajstić information content (AvgIpc) is 2.41. The monoisotopic (exact) mass is 286 g/mol. The molecule has 0 fully saturated rings. The molecule has 0 saturated carbocycles. The van der Waals surface area contributed by atoms with Crippen molar-refractivity contribution in [2.24, 2.45) is 0 Å². The fraction of sp³-hybridized carbons (Fsp3) is 0.143. The number of ether oxygens (including phenoxy) is 1. The third kappa shape index (κ3) is 3.27. The first-order valence-corrected chi connectivity index (χ1v) is 5.65. The molecule has 0 bridgehead atoms. The van der Waals surface area contributed by atoms with E-state index in [0.717, 1.165) is 18.2 Å². The van der Waals surface area contributed by atoms with Crippen molar-refractivity contribution < 1.29 is 27.4 Å². The molecule has 1 atom stereocenters. The Hall–Kier alpha value is -2.08. The predicted octanol–water partition coefficient (Wildman–Crippen LogP) is 3.65. The van der Waals surface area contributed by atoms with E-state index in [1.54, 1.807) is 0 Å². The summed E-state index contributed by atoms with van der Waals surface area (Å²) >= 11 is 0. The number of aliphatic hydroxyl groups excluding tert-OH is 1. The molecule has 6 heteroatoms. The van der Waals surface area contributed by atoms with Crippen LogP contribution in [0.1, 0.15) is 17.2 Å². The fourth-order valence-corrected chi connectivity index (χ4v) is 1.74. The predicted molar refractivity (Wildman–Crippen MR) is 63.5 cm³/mol. The summed E-state index contributed by atoms with van der Waals surface area (Å²) in [5.74, 6) is -1.53. The first kappa shape index (κ1) is 14.3. The molecule has 106 valence electrons. The second kappa shape index (κ2) is 5.92. The van der Waals surface area contributed by atoms with Crippen molar-refractivity contribution >= 4 is 0 Å². The lowest BCUT2D eigenvalue weighted by Crippen LogP contribution is -2.05. The fourth-order valence-electron chi connectivity index (χ4n) is 1.74. The summed E-state index contributed by atoms with van der Waals surface area (Å²) in [6, 6.07) is 7.74. The van der Waals surface area contributed by atoms with Crippen molar-refractivity contribution in [2.45, 2.75) is 12.7 Å².